The Morgan fingerprint density at radius 3 is 1.90 bits per heavy atom. The summed E-state index contributed by atoms with van der Waals surface area (Å²) >= 11 is 1.37. The third-order valence-corrected chi connectivity index (χ3v) is 9.20. The minimum atomic E-state index is -3.40. The van der Waals surface area contributed by atoms with E-state index in [1.165, 1.54) is 11.3 Å². The first-order chi connectivity index (χ1) is 14.0. The van der Waals surface area contributed by atoms with Gasteiger partial charge in [0.25, 0.3) is 10.0 Å². The Morgan fingerprint density at radius 1 is 0.862 bits per heavy atom. The van der Waals surface area contributed by atoms with Crippen LogP contribution in [0.1, 0.15) is 11.8 Å². The normalized spacial score (nSPS) is 19.7. The number of sulfonamides is 1. The second-order valence-corrected chi connectivity index (χ2v) is 10.8. The highest BCUT2D eigenvalue weighted by molar-refractivity contribution is 7.91. The Labute approximate surface area is 176 Å². The zero-order valence-electron chi connectivity index (χ0n) is 17.0. The number of anilines is 2. The first-order valence-corrected chi connectivity index (χ1v) is 12.3. The summed E-state index contributed by atoms with van der Waals surface area (Å²) in [7, 11) is -1.27. The Bertz CT molecular complexity index is 914. The molecule has 29 heavy (non-hydrogen) atoms. The van der Waals surface area contributed by atoms with E-state index in [9.17, 15) is 8.42 Å². The molecule has 2 aromatic heterocycles. The van der Waals surface area contributed by atoms with Gasteiger partial charge in [0.15, 0.2) is 11.6 Å². The molecule has 0 saturated carbocycles. The van der Waals surface area contributed by atoms with Gasteiger partial charge in [-0.15, -0.1) is 21.5 Å². The monoisotopic (exact) mass is 436 g/mol. The van der Waals surface area contributed by atoms with Gasteiger partial charge in [-0.1, -0.05) is 6.92 Å². The van der Waals surface area contributed by atoms with Crippen molar-refractivity contribution in [3.63, 3.8) is 0 Å². The molecule has 158 valence electrons. The number of aryl methyl sites for hydroxylation is 1. The van der Waals surface area contributed by atoms with Gasteiger partial charge in [0.05, 0.1) is 0 Å². The maximum absolute atomic E-state index is 12.9. The zero-order valence-corrected chi connectivity index (χ0v) is 18.6. The first-order valence-electron chi connectivity index (χ1n) is 10.1. The van der Waals surface area contributed by atoms with E-state index in [0.717, 1.165) is 49.1 Å². The lowest BCUT2D eigenvalue weighted by Gasteiger charge is -2.35. The van der Waals surface area contributed by atoms with Crippen molar-refractivity contribution in [3.8, 4) is 0 Å². The van der Waals surface area contributed by atoms with Crippen molar-refractivity contribution in [2.75, 3.05) is 69.2 Å². The molecule has 0 spiro atoms. The number of piperazine rings is 2. The van der Waals surface area contributed by atoms with Gasteiger partial charge in [-0.25, -0.2) is 8.42 Å². The summed E-state index contributed by atoms with van der Waals surface area (Å²) in [5.74, 6) is 1.72. The average molecular weight is 437 g/mol. The quantitative estimate of drug-likeness (QED) is 0.701. The lowest BCUT2D eigenvalue weighted by atomic mass is 10.3. The standard InChI is InChI=1S/C19H28N6O2S2/c1-3-16-4-7-19(28-16)29(26,27)25-14-12-24(13-15-25)18-6-5-17(20-21-18)23-10-8-22(2)9-11-23/h4-7H,3,8-15H2,1-2H3. The Hall–Kier alpha value is -1.75. The van der Waals surface area contributed by atoms with Crippen LogP contribution in [0.4, 0.5) is 11.6 Å². The highest BCUT2D eigenvalue weighted by atomic mass is 32.2. The minimum Gasteiger partial charge on any atom is -0.353 e. The van der Waals surface area contributed by atoms with Gasteiger partial charge in [-0.2, -0.15) is 4.31 Å². The molecular formula is C19H28N6O2S2. The van der Waals surface area contributed by atoms with Crippen LogP contribution in [0, 0.1) is 0 Å². The van der Waals surface area contributed by atoms with Crippen molar-refractivity contribution in [1.29, 1.82) is 0 Å². The van der Waals surface area contributed by atoms with Crippen molar-refractivity contribution in [2.24, 2.45) is 0 Å². The van der Waals surface area contributed by atoms with Crippen LogP contribution in [0.3, 0.4) is 0 Å². The molecule has 2 aliphatic heterocycles. The summed E-state index contributed by atoms with van der Waals surface area (Å²) in [5.41, 5.74) is 0. The molecular weight excluding hydrogens is 408 g/mol. The summed E-state index contributed by atoms with van der Waals surface area (Å²) in [6, 6.07) is 7.66. The van der Waals surface area contributed by atoms with Crippen molar-refractivity contribution >= 4 is 33.0 Å². The summed E-state index contributed by atoms with van der Waals surface area (Å²) in [6.45, 7) is 8.19. The van der Waals surface area contributed by atoms with Gasteiger partial charge in [0, 0.05) is 57.2 Å². The smallest absolute Gasteiger partial charge is 0.252 e. The largest absolute Gasteiger partial charge is 0.353 e. The van der Waals surface area contributed by atoms with E-state index in [-0.39, 0.29) is 0 Å². The van der Waals surface area contributed by atoms with E-state index in [4.69, 9.17) is 0 Å². The van der Waals surface area contributed by atoms with Gasteiger partial charge >= 0.3 is 0 Å². The first kappa shape index (κ1) is 20.5. The number of aromatic nitrogens is 2. The molecule has 2 aliphatic rings. The van der Waals surface area contributed by atoms with Gasteiger partial charge in [-0.3, -0.25) is 0 Å². The molecule has 8 nitrogen and oxygen atoms in total. The van der Waals surface area contributed by atoms with Crippen molar-refractivity contribution in [2.45, 2.75) is 17.6 Å². The van der Waals surface area contributed by atoms with E-state index in [2.05, 4.69) is 31.9 Å². The summed E-state index contributed by atoms with van der Waals surface area (Å²) in [5, 5.41) is 8.83. The van der Waals surface area contributed by atoms with Crippen LogP contribution in [-0.2, 0) is 16.4 Å². The van der Waals surface area contributed by atoms with Gasteiger partial charge in [0.1, 0.15) is 4.21 Å². The van der Waals surface area contributed by atoms with Crippen LogP contribution in [-0.4, -0.2) is 87.2 Å². The predicted molar refractivity (Wildman–Crippen MR) is 116 cm³/mol. The molecule has 2 aromatic rings. The number of hydrogen-bond acceptors (Lipinski definition) is 8. The third kappa shape index (κ3) is 4.40. The number of likely N-dealkylation sites (N-methyl/N-ethyl adjacent to an activating group) is 1. The van der Waals surface area contributed by atoms with Crippen LogP contribution < -0.4 is 9.80 Å². The molecule has 2 saturated heterocycles. The fourth-order valence-corrected chi connectivity index (χ4v) is 6.53. The summed E-state index contributed by atoms with van der Waals surface area (Å²) in [6.07, 6.45) is 0.858. The molecule has 0 aromatic carbocycles. The van der Waals surface area contributed by atoms with Crippen LogP contribution in [0.25, 0.3) is 0 Å². The number of rotatable bonds is 5. The number of thiophene rings is 1. The highest BCUT2D eigenvalue weighted by Crippen LogP contribution is 2.27. The maximum Gasteiger partial charge on any atom is 0.252 e. The second kappa shape index (κ2) is 8.55. The summed E-state index contributed by atoms with van der Waals surface area (Å²) in [4.78, 5) is 7.77. The number of nitrogens with zero attached hydrogens (tertiary/aromatic N) is 6. The van der Waals surface area contributed by atoms with E-state index in [1.54, 1.807) is 10.4 Å². The predicted octanol–water partition coefficient (Wildman–Crippen LogP) is 1.36. The van der Waals surface area contributed by atoms with E-state index in [0.29, 0.717) is 30.4 Å². The van der Waals surface area contributed by atoms with Crippen LogP contribution in [0.2, 0.25) is 0 Å². The molecule has 0 aliphatic carbocycles. The Kier molecular flexibility index (Phi) is 6.05. The van der Waals surface area contributed by atoms with Gasteiger partial charge in [-0.05, 0) is 37.7 Å². The lowest BCUT2D eigenvalue weighted by molar-refractivity contribution is 0.312. The van der Waals surface area contributed by atoms with E-state index in [1.807, 2.05) is 25.1 Å². The molecule has 4 rings (SSSR count). The average Bonchev–Trinajstić information content (AvgIpc) is 3.25. The molecule has 0 amide bonds. The molecule has 4 heterocycles. The molecule has 0 radical (unpaired) electrons. The van der Waals surface area contributed by atoms with Crippen LogP contribution >= 0.6 is 11.3 Å². The van der Waals surface area contributed by atoms with Crippen LogP contribution in [0.15, 0.2) is 28.5 Å². The Morgan fingerprint density at radius 2 is 1.41 bits per heavy atom. The van der Waals surface area contributed by atoms with Crippen LogP contribution in [0.5, 0.6) is 0 Å². The topological polar surface area (TPSA) is 72.9 Å². The maximum atomic E-state index is 12.9. The lowest BCUT2D eigenvalue weighted by Crippen LogP contribution is -2.49. The van der Waals surface area contributed by atoms with Gasteiger partial charge in [0.2, 0.25) is 0 Å². The molecule has 0 N–H and O–H groups in total. The fraction of sp³-hybridized carbons (Fsp3) is 0.579. The minimum absolute atomic E-state index is 0.444. The van der Waals surface area contributed by atoms with E-state index < -0.39 is 10.0 Å². The molecule has 0 bridgehead atoms. The zero-order chi connectivity index (χ0) is 20.4. The molecule has 2 fully saturated rings. The fourth-order valence-electron chi connectivity index (χ4n) is 3.66. The van der Waals surface area contributed by atoms with Crippen molar-refractivity contribution < 1.29 is 8.42 Å². The number of hydrogen-bond donors (Lipinski definition) is 0. The molecule has 10 heteroatoms. The van der Waals surface area contributed by atoms with Crippen molar-refractivity contribution in [1.82, 2.24) is 19.4 Å². The molecule has 0 unspecified atom stereocenters. The van der Waals surface area contributed by atoms with Crippen molar-refractivity contribution in [3.05, 3.63) is 29.1 Å². The third-order valence-electron chi connectivity index (χ3n) is 5.61. The van der Waals surface area contributed by atoms with E-state index >= 15 is 0 Å². The Balaban J connectivity index is 1.37. The SMILES string of the molecule is CCc1ccc(S(=O)(=O)N2CCN(c3ccc(N4CCN(C)CC4)nn3)CC2)s1. The molecule has 0 atom stereocenters. The summed E-state index contributed by atoms with van der Waals surface area (Å²) < 4.78 is 27.8. The second-order valence-electron chi connectivity index (χ2n) is 7.51. The van der Waals surface area contributed by atoms with Gasteiger partial charge < -0.3 is 14.7 Å². The highest BCUT2D eigenvalue weighted by Gasteiger charge is 2.30.